The number of piperidine rings is 1. The van der Waals surface area contributed by atoms with Gasteiger partial charge in [0.1, 0.15) is 6.10 Å². The topological polar surface area (TPSA) is 38.3 Å². The van der Waals surface area contributed by atoms with Crippen molar-refractivity contribution >= 4 is 23.5 Å². The van der Waals surface area contributed by atoms with Gasteiger partial charge >= 0.3 is 0 Å². The summed E-state index contributed by atoms with van der Waals surface area (Å²) in [4.78, 5) is 2.48. The highest BCUT2D eigenvalue weighted by molar-refractivity contribution is 7.99. The molecule has 94 valence electrons. The van der Waals surface area contributed by atoms with E-state index in [4.69, 9.17) is 4.74 Å². The zero-order valence-corrected chi connectivity index (χ0v) is 11.6. The van der Waals surface area contributed by atoms with Gasteiger partial charge in [-0.1, -0.05) is 18.7 Å². The molecular weight excluding hydrogens is 254 g/mol. The van der Waals surface area contributed by atoms with Gasteiger partial charge in [0.2, 0.25) is 0 Å². The van der Waals surface area contributed by atoms with E-state index < -0.39 is 0 Å². The van der Waals surface area contributed by atoms with Crippen LogP contribution in [0.2, 0.25) is 0 Å². The first-order valence-corrected chi connectivity index (χ1v) is 7.92. The van der Waals surface area contributed by atoms with Gasteiger partial charge in [-0.3, -0.25) is 4.90 Å². The normalized spacial score (nSPS) is 31.0. The van der Waals surface area contributed by atoms with Crippen LogP contribution in [0.4, 0.5) is 0 Å². The summed E-state index contributed by atoms with van der Waals surface area (Å²) in [5.74, 6) is 2.56. The summed E-state index contributed by atoms with van der Waals surface area (Å²) >= 11 is 3.02. The summed E-state index contributed by atoms with van der Waals surface area (Å²) in [6, 6.07) is 0. The van der Waals surface area contributed by atoms with Crippen LogP contribution in [0.1, 0.15) is 19.8 Å². The molecule has 0 aromatic carbocycles. The van der Waals surface area contributed by atoms with Crippen LogP contribution in [-0.4, -0.2) is 45.1 Å². The van der Waals surface area contributed by atoms with E-state index in [9.17, 15) is 0 Å². The van der Waals surface area contributed by atoms with Gasteiger partial charge in [0.15, 0.2) is 5.03 Å². The van der Waals surface area contributed by atoms with Gasteiger partial charge in [0, 0.05) is 19.0 Å². The molecule has 3 rings (SSSR count). The van der Waals surface area contributed by atoms with Crippen LogP contribution in [0.5, 0.6) is 5.88 Å². The first-order valence-electron chi connectivity index (χ1n) is 6.21. The van der Waals surface area contributed by atoms with Gasteiger partial charge in [-0.15, -0.1) is 4.37 Å². The van der Waals surface area contributed by atoms with Crippen LogP contribution in [0.25, 0.3) is 0 Å². The molecule has 2 aliphatic rings. The van der Waals surface area contributed by atoms with E-state index in [1.54, 1.807) is 11.8 Å². The Bertz CT molecular complexity index is 385. The quantitative estimate of drug-likeness (QED) is 0.767. The van der Waals surface area contributed by atoms with Crippen LogP contribution in [-0.2, 0) is 0 Å². The van der Waals surface area contributed by atoms with Crippen molar-refractivity contribution in [3.63, 3.8) is 0 Å². The lowest BCUT2D eigenvalue weighted by Crippen LogP contribution is -2.32. The maximum absolute atomic E-state index is 6.05. The Hall–Kier alpha value is -0.330. The van der Waals surface area contributed by atoms with Crippen LogP contribution < -0.4 is 4.74 Å². The molecule has 6 heteroatoms. The van der Waals surface area contributed by atoms with Crippen molar-refractivity contribution < 1.29 is 4.74 Å². The number of hydrogen-bond donors (Lipinski definition) is 0. The zero-order chi connectivity index (χ0) is 11.7. The summed E-state index contributed by atoms with van der Waals surface area (Å²) in [5, 5.41) is 0.981. The Labute approximate surface area is 110 Å². The second kappa shape index (κ2) is 5.12. The predicted octanol–water partition coefficient (Wildman–Crippen LogP) is 2.12. The maximum Gasteiger partial charge on any atom is 0.260 e. The first-order chi connectivity index (χ1) is 8.36. The van der Waals surface area contributed by atoms with Crippen molar-refractivity contribution in [2.75, 3.05) is 25.4 Å². The van der Waals surface area contributed by atoms with Crippen LogP contribution >= 0.6 is 23.5 Å². The monoisotopic (exact) mass is 271 g/mol. The molecule has 0 aliphatic carbocycles. The molecule has 2 aliphatic heterocycles. The lowest BCUT2D eigenvalue weighted by Gasteiger charge is -2.22. The molecule has 1 unspecified atom stereocenters. The minimum Gasteiger partial charge on any atom is -0.470 e. The summed E-state index contributed by atoms with van der Waals surface area (Å²) in [6.45, 7) is 5.70. The Morgan fingerprint density at radius 1 is 1.47 bits per heavy atom. The highest BCUT2D eigenvalue weighted by atomic mass is 32.2. The molecule has 2 saturated heterocycles. The Morgan fingerprint density at radius 2 is 2.41 bits per heavy atom. The molecule has 3 heterocycles. The number of thioether (sulfide) groups is 1. The molecular formula is C11H17N3OS2. The number of aromatic nitrogens is 2. The molecule has 0 spiro atoms. The van der Waals surface area contributed by atoms with Crippen LogP contribution in [0, 0.1) is 5.92 Å². The van der Waals surface area contributed by atoms with Gasteiger partial charge in [-0.2, -0.15) is 4.37 Å². The molecule has 0 N–H and O–H groups in total. The largest absolute Gasteiger partial charge is 0.470 e. The second-order valence-corrected chi connectivity index (χ2v) is 6.30. The van der Waals surface area contributed by atoms with Gasteiger partial charge in [-0.05, 0) is 25.1 Å². The smallest absolute Gasteiger partial charge is 0.260 e. The third-order valence-corrected chi connectivity index (χ3v) is 5.19. The van der Waals surface area contributed by atoms with E-state index in [1.807, 2.05) is 0 Å². The average Bonchev–Trinajstić information content (AvgIpc) is 3.02. The lowest BCUT2D eigenvalue weighted by atomic mass is 10.0. The third kappa shape index (κ3) is 2.44. The second-order valence-electron chi connectivity index (χ2n) is 4.69. The first kappa shape index (κ1) is 11.7. The number of nitrogens with zero attached hydrogens (tertiary/aromatic N) is 3. The fraction of sp³-hybridized carbons (Fsp3) is 0.818. The van der Waals surface area contributed by atoms with Crippen molar-refractivity contribution in [1.29, 1.82) is 0 Å². The molecule has 17 heavy (non-hydrogen) atoms. The minimum atomic E-state index is 0.341. The van der Waals surface area contributed by atoms with Crippen molar-refractivity contribution in [3.8, 4) is 5.88 Å². The van der Waals surface area contributed by atoms with Crippen molar-refractivity contribution in [2.24, 2.45) is 5.92 Å². The van der Waals surface area contributed by atoms with Gasteiger partial charge in [0.25, 0.3) is 5.88 Å². The predicted molar refractivity (Wildman–Crippen MR) is 69.9 cm³/mol. The van der Waals surface area contributed by atoms with Gasteiger partial charge < -0.3 is 4.74 Å². The molecule has 0 radical (unpaired) electrons. The summed E-state index contributed by atoms with van der Waals surface area (Å²) < 4.78 is 14.6. The summed E-state index contributed by atoms with van der Waals surface area (Å²) in [7, 11) is 0. The summed E-state index contributed by atoms with van der Waals surface area (Å²) in [6.07, 6.45) is 2.77. The van der Waals surface area contributed by atoms with E-state index >= 15 is 0 Å². The van der Waals surface area contributed by atoms with Crippen LogP contribution in [0.15, 0.2) is 5.03 Å². The van der Waals surface area contributed by atoms with E-state index in [-0.39, 0.29) is 0 Å². The van der Waals surface area contributed by atoms with Crippen molar-refractivity contribution in [1.82, 2.24) is 13.6 Å². The van der Waals surface area contributed by atoms with E-state index in [1.165, 1.54) is 31.2 Å². The molecule has 2 fully saturated rings. The molecule has 2 bridgehead atoms. The van der Waals surface area contributed by atoms with Crippen molar-refractivity contribution in [3.05, 3.63) is 0 Å². The summed E-state index contributed by atoms with van der Waals surface area (Å²) in [5.41, 5.74) is 0. The standard InChI is InChI=1S/C11H17N3OS2/c1-2-5-16-11-10(12-17-13-11)15-9-7-14-4-3-8(9)6-14/h8-9H,2-7H2,1H3/t8-,9-/m0/s1. The molecule has 4 nitrogen and oxygen atoms in total. The number of fused-ring (bicyclic) bond motifs is 2. The average molecular weight is 271 g/mol. The zero-order valence-electron chi connectivity index (χ0n) is 9.96. The highest BCUT2D eigenvalue weighted by Crippen LogP contribution is 2.34. The molecule has 3 atom stereocenters. The minimum absolute atomic E-state index is 0.341. The number of hydrogen-bond acceptors (Lipinski definition) is 6. The third-order valence-electron chi connectivity index (χ3n) is 3.41. The highest BCUT2D eigenvalue weighted by Gasteiger charge is 2.40. The van der Waals surface area contributed by atoms with Gasteiger partial charge in [0.05, 0.1) is 11.7 Å². The SMILES string of the molecule is CCCSc1nsnc1O[C@H]1CN2CC[C@H]1C2. The molecule has 1 aromatic rings. The van der Waals surface area contributed by atoms with Gasteiger partial charge in [-0.25, -0.2) is 0 Å². The Balaban J connectivity index is 1.63. The van der Waals surface area contributed by atoms with Crippen LogP contribution in [0.3, 0.4) is 0 Å². The van der Waals surface area contributed by atoms with E-state index in [2.05, 4.69) is 20.6 Å². The fourth-order valence-corrected chi connectivity index (χ4v) is 3.92. The number of rotatable bonds is 5. The number of ether oxygens (including phenoxy) is 1. The van der Waals surface area contributed by atoms with E-state index in [0.29, 0.717) is 12.0 Å². The van der Waals surface area contributed by atoms with E-state index in [0.717, 1.165) is 29.6 Å². The molecule has 0 amide bonds. The Morgan fingerprint density at radius 3 is 3.12 bits per heavy atom. The maximum atomic E-state index is 6.05. The lowest BCUT2D eigenvalue weighted by molar-refractivity contribution is 0.133. The molecule has 0 saturated carbocycles. The van der Waals surface area contributed by atoms with Crippen molar-refractivity contribution in [2.45, 2.75) is 30.9 Å². The Kier molecular flexibility index (Phi) is 3.54. The fourth-order valence-electron chi connectivity index (χ4n) is 2.54. The molecule has 1 aromatic heterocycles.